The fraction of sp³-hybridized carbons (Fsp3) is 0.200. The van der Waals surface area contributed by atoms with Crippen LogP contribution in [0.3, 0.4) is 0 Å². The molecule has 118 valence electrons. The normalized spacial score (nSPS) is 10.5. The highest BCUT2D eigenvalue weighted by Gasteiger charge is 2.14. The third kappa shape index (κ3) is 3.54. The summed E-state index contributed by atoms with van der Waals surface area (Å²) in [5.41, 5.74) is 0.233. The number of amides is 1. The van der Waals surface area contributed by atoms with Crippen LogP contribution in [0.2, 0.25) is 0 Å². The molecule has 0 saturated carbocycles. The second-order valence-electron chi connectivity index (χ2n) is 4.96. The molecule has 23 heavy (non-hydrogen) atoms. The van der Waals surface area contributed by atoms with E-state index < -0.39 is 0 Å². The Hall–Kier alpha value is -2.74. The van der Waals surface area contributed by atoms with Gasteiger partial charge in [-0.25, -0.2) is 9.97 Å². The molecule has 0 aromatic carbocycles. The van der Waals surface area contributed by atoms with Crippen LogP contribution >= 0.6 is 11.3 Å². The first-order valence-electron chi connectivity index (χ1n) is 6.91. The summed E-state index contributed by atoms with van der Waals surface area (Å²) in [6, 6.07) is 7.25. The number of hydrogen-bond acceptors (Lipinski definition) is 7. The minimum Gasteiger partial charge on any atom is -0.363 e. The lowest BCUT2D eigenvalue weighted by atomic mass is 10.3. The molecule has 3 aromatic rings. The maximum atomic E-state index is 12.1. The maximum Gasteiger partial charge on any atom is 0.273 e. The summed E-state index contributed by atoms with van der Waals surface area (Å²) < 4.78 is 5.19. The molecule has 0 saturated heterocycles. The van der Waals surface area contributed by atoms with Crippen LogP contribution in [0.15, 0.2) is 40.4 Å². The highest BCUT2D eigenvalue weighted by atomic mass is 32.1. The molecule has 0 aliphatic carbocycles. The van der Waals surface area contributed by atoms with Crippen molar-refractivity contribution in [3.8, 4) is 10.6 Å². The third-order valence-corrected chi connectivity index (χ3v) is 3.95. The molecule has 0 aliphatic heterocycles. The zero-order chi connectivity index (χ0) is 16.2. The van der Waals surface area contributed by atoms with Crippen LogP contribution in [-0.4, -0.2) is 35.1 Å². The Labute approximate surface area is 137 Å². The molecule has 3 rings (SSSR count). The summed E-state index contributed by atoms with van der Waals surface area (Å²) in [4.78, 5) is 23.4. The summed E-state index contributed by atoms with van der Waals surface area (Å²) in [6.07, 6.45) is 1.66. The van der Waals surface area contributed by atoms with Crippen molar-refractivity contribution in [3.63, 3.8) is 0 Å². The van der Waals surface area contributed by atoms with Gasteiger partial charge in [0, 0.05) is 26.4 Å². The van der Waals surface area contributed by atoms with Crippen molar-refractivity contribution in [1.29, 1.82) is 0 Å². The van der Waals surface area contributed by atoms with Gasteiger partial charge in [-0.2, -0.15) is 0 Å². The van der Waals surface area contributed by atoms with Gasteiger partial charge in [-0.05, 0) is 17.5 Å². The van der Waals surface area contributed by atoms with Crippen LogP contribution in [0, 0.1) is 0 Å². The molecule has 0 aliphatic rings. The molecule has 3 heterocycles. The lowest BCUT2D eigenvalue weighted by molar-refractivity contribution is 0.0941. The van der Waals surface area contributed by atoms with E-state index in [4.69, 9.17) is 4.52 Å². The Morgan fingerprint density at radius 1 is 1.39 bits per heavy atom. The van der Waals surface area contributed by atoms with Crippen molar-refractivity contribution in [3.05, 3.63) is 47.4 Å². The van der Waals surface area contributed by atoms with E-state index in [1.807, 2.05) is 36.5 Å². The first-order valence-corrected chi connectivity index (χ1v) is 7.79. The molecule has 0 radical (unpaired) electrons. The highest BCUT2D eigenvalue weighted by Crippen LogP contribution is 2.25. The number of carbonyl (C=O) groups excluding carboxylic acids is 1. The number of thiophene rings is 1. The Morgan fingerprint density at radius 3 is 3.00 bits per heavy atom. The van der Waals surface area contributed by atoms with Gasteiger partial charge in [0.2, 0.25) is 0 Å². The van der Waals surface area contributed by atoms with Gasteiger partial charge >= 0.3 is 0 Å². The van der Waals surface area contributed by atoms with Crippen LogP contribution < -0.4 is 10.2 Å². The van der Waals surface area contributed by atoms with Gasteiger partial charge in [-0.15, -0.1) is 11.3 Å². The Balaban J connectivity index is 1.65. The van der Waals surface area contributed by atoms with E-state index in [2.05, 4.69) is 20.4 Å². The van der Waals surface area contributed by atoms with Crippen molar-refractivity contribution >= 4 is 23.1 Å². The lowest BCUT2D eigenvalue weighted by Crippen LogP contribution is -2.24. The van der Waals surface area contributed by atoms with Crippen LogP contribution in [0.25, 0.3) is 10.6 Å². The van der Waals surface area contributed by atoms with Crippen molar-refractivity contribution in [2.75, 3.05) is 19.0 Å². The van der Waals surface area contributed by atoms with Gasteiger partial charge in [0.25, 0.3) is 5.91 Å². The van der Waals surface area contributed by atoms with E-state index in [1.54, 1.807) is 18.3 Å². The van der Waals surface area contributed by atoms with Gasteiger partial charge in [0.05, 0.1) is 11.4 Å². The smallest absolute Gasteiger partial charge is 0.273 e. The molecule has 7 nitrogen and oxygen atoms in total. The van der Waals surface area contributed by atoms with Gasteiger partial charge in [0.15, 0.2) is 11.5 Å². The molecule has 0 bridgehead atoms. The van der Waals surface area contributed by atoms with Crippen LogP contribution in [0.5, 0.6) is 0 Å². The Kier molecular flexibility index (Phi) is 4.33. The van der Waals surface area contributed by atoms with Gasteiger partial charge in [-0.1, -0.05) is 11.2 Å². The molecule has 1 N–H and O–H groups in total. The zero-order valence-corrected chi connectivity index (χ0v) is 13.5. The van der Waals surface area contributed by atoms with Crippen molar-refractivity contribution in [2.24, 2.45) is 0 Å². The molecule has 0 unspecified atom stereocenters. The number of rotatable bonds is 5. The molecule has 3 aromatic heterocycles. The first-order chi connectivity index (χ1) is 11.1. The van der Waals surface area contributed by atoms with Crippen LogP contribution in [-0.2, 0) is 6.54 Å². The molecule has 8 heteroatoms. The molecule has 0 atom stereocenters. The van der Waals surface area contributed by atoms with Gasteiger partial charge < -0.3 is 14.7 Å². The maximum absolute atomic E-state index is 12.1. The molecule has 1 amide bonds. The van der Waals surface area contributed by atoms with Gasteiger partial charge in [-0.3, -0.25) is 4.79 Å². The number of anilines is 1. The number of aromatic nitrogens is 3. The van der Waals surface area contributed by atoms with Crippen LogP contribution in [0.4, 0.5) is 5.82 Å². The lowest BCUT2D eigenvalue weighted by Gasteiger charge is -2.11. The predicted octanol–water partition coefficient (Wildman–Crippen LogP) is 2.19. The second kappa shape index (κ2) is 6.57. The number of carbonyl (C=O) groups is 1. The summed E-state index contributed by atoms with van der Waals surface area (Å²) in [5.74, 6) is 1.57. The van der Waals surface area contributed by atoms with E-state index in [-0.39, 0.29) is 18.1 Å². The topological polar surface area (TPSA) is 84.2 Å². The predicted molar refractivity (Wildman–Crippen MR) is 87.3 cm³/mol. The van der Waals surface area contributed by atoms with Crippen molar-refractivity contribution < 1.29 is 9.32 Å². The van der Waals surface area contributed by atoms with Crippen molar-refractivity contribution in [1.82, 2.24) is 20.4 Å². The Morgan fingerprint density at radius 2 is 2.26 bits per heavy atom. The van der Waals surface area contributed by atoms with Crippen LogP contribution in [0.1, 0.15) is 16.3 Å². The minimum atomic E-state index is -0.324. The minimum absolute atomic E-state index is 0.224. The van der Waals surface area contributed by atoms with Gasteiger partial charge in [0.1, 0.15) is 11.6 Å². The van der Waals surface area contributed by atoms with E-state index in [9.17, 15) is 4.79 Å². The molecular formula is C15H15N5O2S. The molecule has 0 spiro atoms. The molecular weight excluding hydrogens is 314 g/mol. The number of hydrogen-bond donors (Lipinski definition) is 1. The summed E-state index contributed by atoms with van der Waals surface area (Å²) in [6.45, 7) is 0.224. The van der Waals surface area contributed by atoms with E-state index >= 15 is 0 Å². The SMILES string of the molecule is CN(C)c1ccnc(CNC(=O)c2cc(-c3cccs3)on2)n1. The third-order valence-electron chi connectivity index (χ3n) is 3.06. The number of nitrogens with zero attached hydrogens (tertiary/aromatic N) is 4. The van der Waals surface area contributed by atoms with E-state index in [1.165, 1.54) is 11.3 Å². The fourth-order valence-electron chi connectivity index (χ4n) is 1.89. The highest BCUT2D eigenvalue weighted by molar-refractivity contribution is 7.13. The number of nitrogens with one attached hydrogen (secondary N) is 1. The van der Waals surface area contributed by atoms with E-state index in [0.717, 1.165) is 10.7 Å². The quantitative estimate of drug-likeness (QED) is 0.772. The largest absolute Gasteiger partial charge is 0.363 e. The molecule has 0 fully saturated rings. The average Bonchev–Trinajstić information content (AvgIpc) is 3.23. The second-order valence-corrected chi connectivity index (χ2v) is 5.91. The Bertz CT molecular complexity index is 798. The van der Waals surface area contributed by atoms with Crippen molar-refractivity contribution in [2.45, 2.75) is 6.54 Å². The summed E-state index contributed by atoms with van der Waals surface area (Å²) in [7, 11) is 3.79. The fourth-order valence-corrected chi connectivity index (χ4v) is 2.56. The average molecular weight is 329 g/mol. The standard InChI is InChI=1S/C15H15N5O2S/c1-20(2)14-5-6-16-13(18-14)9-17-15(21)10-8-11(22-19-10)12-4-3-7-23-12/h3-8H,9H2,1-2H3,(H,17,21). The zero-order valence-electron chi connectivity index (χ0n) is 12.7. The first kappa shape index (κ1) is 15.2. The summed E-state index contributed by atoms with van der Waals surface area (Å²) >= 11 is 1.53. The summed E-state index contributed by atoms with van der Waals surface area (Å²) in [5, 5.41) is 8.48. The monoisotopic (exact) mass is 329 g/mol. The van der Waals surface area contributed by atoms with E-state index in [0.29, 0.717) is 11.6 Å².